The molecule has 1 aromatic rings. The highest BCUT2D eigenvalue weighted by Gasteiger charge is 2.23. The molecule has 0 radical (unpaired) electrons. The van der Waals surface area contributed by atoms with Gasteiger partial charge < -0.3 is 10.6 Å². The minimum Gasteiger partial charge on any atom is -0.348 e. The van der Waals surface area contributed by atoms with Gasteiger partial charge in [-0.1, -0.05) is 12.8 Å². The number of nitrogens with one attached hydrogen (secondary N) is 2. The van der Waals surface area contributed by atoms with E-state index >= 15 is 0 Å². The van der Waals surface area contributed by atoms with Gasteiger partial charge in [0.15, 0.2) is 0 Å². The quantitative estimate of drug-likeness (QED) is 0.801. The Morgan fingerprint density at radius 3 is 2.54 bits per heavy atom. The predicted octanol–water partition coefficient (Wildman–Crippen LogP) is 2.14. The molecule has 132 valence electrons. The average molecular weight is 350 g/mol. The molecule has 1 aliphatic carbocycles. The Kier molecular flexibility index (Phi) is 6.26. The van der Waals surface area contributed by atoms with Crippen LogP contribution < -0.4 is 10.6 Å². The molecule has 0 atom stereocenters. The van der Waals surface area contributed by atoms with Crippen LogP contribution >= 0.6 is 11.3 Å². The first-order chi connectivity index (χ1) is 11.7. The smallest absolute Gasteiger partial charge is 0.309 e. The number of rotatable bonds is 5. The molecule has 0 aromatic carbocycles. The Bertz CT molecular complexity index is 532. The van der Waals surface area contributed by atoms with Crippen LogP contribution in [0.5, 0.6) is 0 Å². The molecule has 1 saturated heterocycles. The number of hydrogen-bond donors (Lipinski definition) is 2. The zero-order valence-electron chi connectivity index (χ0n) is 14.1. The Morgan fingerprint density at radius 2 is 1.88 bits per heavy atom. The minimum absolute atomic E-state index is 0.198. The summed E-state index contributed by atoms with van der Waals surface area (Å²) in [5, 5.41) is 9.98. The van der Waals surface area contributed by atoms with E-state index in [1.54, 1.807) is 11.3 Å². The predicted molar refractivity (Wildman–Crippen MR) is 95.7 cm³/mol. The number of carbonyl (C=O) groups excluding carboxylic acids is 2. The van der Waals surface area contributed by atoms with E-state index in [9.17, 15) is 9.59 Å². The van der Waals surface area contributed by atoms with Crippen LogP contribution in [0.1, 0.15) is 44.1 Å². The van der Waals surface area contributed by atoms with Crippen molar-refractivity contribution in [3.8, 4) is 0 Å². The zero-order valence-corrected chi connectivity index (χ0v) is 14.9. The third kappa shape index (κ3) is 5.05. The summed E-state index contributed by atoms with van der Waals surface area (Å²) in [5.41, 5.74) is 1.38. The monoisotopic (exact) mass is 349 g/mol. The van der Waals surface area contributed by atoms with Gasteiger partial charge in [0.2, 0.25) is 0 Å². The van der Waals surface area contributed by atoms with Gasteiger partial charge >= 0.3 is 11.8 Å². The van der Waals surface area contributed by atoms with Gasteiger partial charge in [0.25, 0.3) is 0 Å². The zero-order chi connectivity index (χ0) is 16.8. The van der Waals surface area contributed by atoms with Gasteiger partial charge in [0.1, 0.15) is 0 Å². The molecule has 2 aliphatic rings. The van der Waals surface area contributed by atoms with E-state index in [0.717, 1.165) is 58.2 Å². The number of amides is 2. The van der Waals surface area contributed by atoms with Crippen LogP contribution in [-0.4, -0.2) is 42.4 Å². The highest BCUT2D eigenvalue weighted by atomic mass is 32.1. The molecule has 6 heteroatoms. The first-order valence-electron chi connectivity index (χ1n) is 9.03. The number of nitrogens with zero attached hydrogens (tertiary/aromatic N) is 1. The van der Waals surface area contributed by atoms with Crippen LogP contribution in [0.25, 0.3) is 0 Å². The second-order valence-electron chi connectivity index (χ2n) is 7.02. The molecule has 0 spiro atoms. The van der Waals surface area contributed by atoms with Gasteiger partial charge in [-0.2, -0.15) is 11.3 Å². The second kappa shape index (κ2) is 8.62. The Labute approximate surface area is 147 Å². The van der Waals surface area contributed by atoms with E-state index in [4.69, 9.17) is 0 Å². The fraction of sp³-hybridized carbons (Fsp3) is 0.667. The third-order valence-corrected chi connectivity index (χ3v) is 5.87. The van der Waals surface area contributed by atoms with Crippen LogP contribution in [0.2, 0.25) is 0 Å². The summed E-state index contributed by atoms with van der Waals surface area (Å²) in [5.74, 6) is -0.452. The molecule has 0 bridgehead atoms. The van der Waals surface area contributed by atoms with E-state index in [2.05, 4.69) is 32.4 Å². The molecule has 3 rings (SSSR count). The first kappa shape index (κ1) is 17.4. The summed E-state index contributed by atoms with van der Waals surface area (Å²) in [4.78, 5) is 26.3. The minimum atomic E-state index is -0.470. The van der Waals surface area contributed by atoms with Crippen molar-refractivity contribution in [1.29, 1.82) is 0 Å². The van der Waals surface area contributed by atoms with Crippen molar-refractivity contribution in [2.24, 2.45) is 5.92 Å². The van der Waals surface area contributed by atoms with Crippen molar-refractivity contribution < 1.29 is 9.59 Å². The van der Waals surface area contributed by atoms with Crippen LogP contribution in [0.4, 0.5) is 0 Å². The topological polar surface area (TPSA) is 61.4 Å². The van der Waals surface area contributed by atoms with Crippen molar-refractivity contribution in [3.63, 3.8) is 0 Å². The van der Waals surface area contributed by atoms with Crippen molar-refractivity contribution in [3.05, 3.63) is 22.4 Å². The number of carbonyl (C=O) groups is 2. The molecule has 2 fully saturated rings. The van der Waals surface area contributed by atoms with Gasteiger partial charge in [-0.25, -0.2) is 0 Å². The molecule has 2 amide bonds. The molecule has 1 saturated carbocycles. The number of likely N-dealkylation sites (tertiary alicyclic amines) is 1. The maximum absolute atomic E-state index is 11.9. The summed E-state index contributed by atoms with van der Waals surface area (Å²) in [7, 11) is 0. The molecule has 2 N–H and O–H groups in total. The molecule has 24 heavy (non-hydrogen) atoms. The summed E-state index contributed by atoms with van der Waals surface area (Å²) >= 11 is 1.74. The third-order valence-electron chi connectivity index (χ3n) is 5.14. The van der Waals surface area contributed by atoms with Crippen molar-refractivity contribution in [2.45, 2.75) is 51.1 Å². The van der Waals surface area contributed by atoms with E-state index < -0.39 is 11.8 Å². The summed E-state index contributed by atoms with van der Waals surface area (Å²) in [6.07, 6.45) is 6.46. The molecular weight excluding hydrogens is 322 g/mol. The number of piperidine rings is 1. The highest BCUT2D eigenvalue weighted by molar-refractivity contribution is 7.07. The lowest BCUT2D eigenvalue weighted by atomic mass is 9.96. The largest absolute Gasteiger partial charge is 0.348 e. The first-order valence-corrected chi connectivity index (χ1v) is 9.97. The Balaban J connectivity index is 1.32. The van der Waals surface area contributed by atoms with Crippen molar-refractivity contribution in [2.75, 3.05) is 19.6 Å². The molecular formula is C18H27N3O2S. The maximum atomic E-state index is 11.9. The summed E-state index contributed by atoms with van der Waals surface area (Å²) in [6.45, 7) is 3.75. The van der Waals surface area contributed by atoms with Crippen LogP contribution in [-0.2, 0) is 16.1 Å². The van der Waals surface area contributed by atoms with Gasteiger partial charge in [-0.3, -0.25) is 14.5 Å². The normalized spacial score (nSPS) is 20.2. The standard InChI is InChI=1S/C18H27N3O2S/c22-17(18(23)20-16-3-1-2-4-16)19-11-14-5-8-21(9-6-14)12-15-7-10-24-13-15/h7,10,13-14,16H,1-6,8-9,11-12H2,(H,19,22)(H,20,23). The lowest BCUT2D eigenvalue weighted by Gasteiger charge is -2.31. The molecule has 2 heterocycles. The highest BCUT2D eigenvalue weighted by Crippen LogP contribution is 2.19. The second-order valence-corrected chi connectivity index (χ2v) is 7.80. The SMILES string of the molecule is O=C(NCC1CCN(Cc2ccsc2)CC1)C(=O)NC1CCCC1. The van der Waals surface area contributed by atoms with Crippen LogP contribution in [0.15, 0.2) is 16.8 Å². The van der Waals surface area contributed by atoms with Crippen molar-refractivity contribution >= 4 is 23.2 Å². The number of hydrogen-bond acceptors (Lipinski definition) is 4. The van der Waals surface area contributed by atoms with E-state index in [-0.39, 0.29) is 6.04 Å². The fourth-order valence-electron chi connectivity index (χ4n) is 3.63. The molecule has 0 unspecified atom stereocenters. The van der Waals surface area contributed by atoms with E-state index in [1.165, 1.54) is 5.56 Å². The van der Waals surface area contributed by atoms with Crippen molar-refractivity contribution in [1.82, 2.24) is 15.5 Å². The molecule has 1 aliphatic heterocycles. The Hall–Kier alpha value is -1.40. The lowest BCUT2D eigenvalue weighted by molar-refractivity contribution is -0.139. The van der Waals surface area contributed by atoms with Crippen LogP contribution in [0.3, 0.4) is 0 Å². The Morgan fingerprint density at radius 1 is 1.12 bits per heavy atom. The van der Waals surface area contributed by atoms with Gasteiger partial charge in [0, 0.05) is 19.1 Å². The molecule has 5 nitrogen and oxygen atoms in total. The van der Waals surface area contributed by atoms with Gasteiger partial charge in [-0.15, -0.1) is 0 Å². The van der Waals surface area contributed by atoms with E-state index in [1.807, 2.05) is 0 Å². The maximum Gasteiger partial charge on any atom is 0.309 e. The lowest BCUT2D eigenvalue weighted by Crippen LogP contribution is -2.46. The van der Waals surface area contributed by atoms with E-state index in [0.29, 0.717) is 12.5 Å². The molecule has 1 aromatic heterocycles. The number of thiophene rings is 1. The summed E-state index contributed by atoms with van der Waals surface area (Å²) < 4.78 is 0. The van der Waals surface area contributed by atoms with Crippen LogP contribution in [0, 0.1) is 5.92 Å². The summed E-state index contributed by atoms with van der Waals surface area (Å²) in [6, 6.07) is 2.38. The van der Waals surface area contributed by atoms with Gasteiger partial charge in [0.05, 0.1) is 0 Å². The average Bonchev–Trinajstić information content (AvgIpc) is 3.28. The van der Waals surface area contributed by atoms with Gasteiger partial charge in [-0.05, 0) is 67.1 Å². The fourth-order valence-corrected chi connectivity index (χ4v) is 4.29.